The maximum absolute atomic E-state index is 12.9. The number of furan rings is 1. The molecule has 0 saturated heterocycles. The van der Waals surface area contributed by atoms with Crippen LogP contribution in [0.15, 0.2) is 52.5 Å². The number of carbonyl (C=O) groups excluding carboxylic acids is 2. The third-order valence-corrected chi connectivity index (χ3v) is 4.79. The van der Waals surface area contributed by atoms with Crippen molar-refractivity contribution in [2.75, 3.05) is 5.32 Å². The van der Waals surface area contributed by atoms with Crippen LogP contribution in [0.3, 0.4) is 0 Å². The molecule has 0 aromatic carbocycles. The van der Waals surface area contributed by atoms with Gasteiger partial charge in [-0.2, -0.15) is 0 Å². The van der Waals surface area contributed by atoms with Crippen LogP contribution in [0.25, 0.3) is 5.57 Å². The highest BCUT2D eigenvalue weighted by molar-refractivity contribution is 6.23. The van der Waals surface area contributed by atoms with Gasteiger partial charge in [-0.3, -0.25) is 9.59 Å². The minimum atomic E-state index is -0.816. The summed E-state index contributed by atoms with van der Waals surface area (Å²) < 4.78 is 18.5. The first-order chi connectivity index (χ1) is 13.5. The zero-order valence-corrected chi connectivity index (χ0v) is 14.9. The minimum absolute atomic E-state index is 0.0251. The smallest absolute Gasteiger partial charge is 0.265 e. The number of amides is 2. The number of anilines is 1. The molecule has 0 radical (unpaired) electrons. The molecule has 1 aliphatic heterocycles. The van der Waals surface area contributed by atoms with Crippen LogP contribution in [0, 0.1) is 5.82 Å². The van der Waals surface area contributed by atoms with Crippen molar-refractivity contribution in [3.05, 3.63) is 65.2 Å². The van der Waals surface area contributed by atoms with Gasteiger partial charge in [0.25, 0.3) is 11.8 Å². The number of aromatic nitrogens is 1. The molecule has 2 aliphatic rings. The van der Waals surface area contributed by atoms with Crippen LogP contribution in [0.4, 0.5) is 10.2 Å². The van der Waals surface area contributed by atoms with E-state index in [0.29, 0.717) is 5.76 Å². The maximum Gasteiger partial charge on any atom is 0.265 e. The van der Waals surface area contributed by atoms with Crippen LogP contribution in [0.5, 0.6) is 0 Å². The van der Waals surface area contributed by atoms with Gasteiger partial charge in [0.1, 0.15) is 28.7 Å². The van der Waals surface area contributed by atoms with E-state index in [4.69, 9.17) is 4.42 Å². The summed E-state index contributed by atoms with van der Waals surface area (Å²) in [6.45, 7) is 0. The van der Waals surface area contributed by atoms with Crippen LogP contribution in [0.2, 0.25) is 0 Å². The molecule has 3 N–H and O–H groups in total. The van der Waals surface area contributed by atoms with Crippen molar-refractivity contribution in [1.82, 2.24) is 10.3 Å². The van der Waals surface area contributed by atoms with E-state index in [2.05, 4.69) is 21.7 Å². The van der Waals surface area contributed by atoms with Gasteiger partial charge in [-0.25, -0.2) is 9.37 Å². The lowest BCUT2D eigenvalue weighted by molar-refractivity contribution is -0.123. The molecule has 0 bridgehead atoms. The number of allylic oxidation sites excluding steroid dienone is 2. The Morgan fingerprint density at radius 3 is 2.93 bits per heavy atom. The largest absolute Gasteiger partial charge is 0.511 e. The number of pyridine rings is 1. The summed E-state index contributed by atoms with van der Waals surface area (Å²) in [5.41, 5.74) is 1.78. The molecule has 1 atom stereocenters. The number of nitrogens with zero attached hydrogens (tertiary/aromatic N) is 1. The Kier molecular flexibility index (Phi) is 4.68. The lowest BCUT2D eigenvalue weighted by Crippen LogP contribution is -2.39. The van der Waals surface area contributed by atoms with E-state index in [1.54, 1.807) is 6.26 Å². The molecular weight excluding hydrogens is 365 g/mol. The van der Waals surface area contributed by atoms with Crippen molar-refractivity contribution >= 4 is 23.2 Å². The fourth-order valence-corrected chi connectivity index (χ4v) is 3.38. The van der Waals surface area contributed by atoms with Crippen molar-refractivity contribution in [1.29, 1.82) is 0 Å². The highest BCUT2D eigenvalue weighted by atomic mass is 19.1. The molecule has 2 aromatic rings. The maximum atomic E-state index is 12.9. The molecule has 0 fully saturated rings. The molecule has 28 heavy (non-hydrogen) atoms. The topological polar surface area (TPSA) is 104 Å². The Balaban J connectivity index is 1.50. The Morgan fingerprint density at radius 1 is 1.39 bits per heavy atom. The predicted octanol–water partition coefficient (Wildman–Crippen LogP) is 3.39. The standard InChI is InChI=1S/C20H18FN3O4/c21-13-5-6-17(22-9-13)24-20(27)18-15(25)8-14(23-19(18)26)16-7-12(10-28-16)11-3-1-2-4-11/h3,5-7,9-10,14,25H,1-2,4,8H2,(H,23,26)(H,22,24,27). The second-order valence-corrected chi connectivity index (χ2v) is 6.73. The van der Waals surface area contributed by atoms with Gasteiger partial charge in [-0.05, 0) is 43.0 Å². The van der Waals surface area contributed by atoms with Crippen LogP contribution in [-0.4, -0.2) is 21.9 Å². The van der Waals surface area contributed by atoms with Crippen molar-refractivity contribution in [2.24, 2.45) is 0 Å². The van der Waals surface area contributed by atoms with Crippen molar-refractivity contribution in [3.63, 3.8) is 0 Å². The second-order valence-electron chi connectivity index (χ2n) is 6.73. The number of aliphatic hydroxyl groups is 1. The number of hydrogen-bond acceptors (Lipinski definition) is 5. The summed E-state index contributed by atoms with van der Waals surface area (Å²) in [6.07, 6.45) is 7.91. The fourth-order valence-electron chi connectivity index (χ4n) is 3.38. The molecule has 0 spiro atoms. The van der Waals surface area contributed by atoms with Crippen molar-refractivity contribution in [3.8, 4) is 0 Å². The summed E-state index contributed by atoms with van der Waals surface area (Å²) in [7, 11) is 0. The van der Waals surface area contributed by atoms with E-state index in [1.165, 1.54) is 11.6 Å². The van der Waals surface area contributed by atoms with Gasteiger partial charge in [0.05, 0.1) is 18.5 Å². The number of halogens is 1. The van der Waals surface area contributed by atoms with Crippen LogP contribution in [-0.2, 0) is 9.59 Å². The van der Waals surface area contributed by atoms with Crippen LogP contribution < -0.4 is 10.6 Å². The highest BCUT2D eigenvalue weighted by Gasteiger charge is 2.34. The molecule has 3 heterocycles. The third-order valence-electron chi connectivity index (χ3n) is 4.79. The first-order valence-electron chi connectivity index (χ1n) is 8.95. The zero-order chi connectivity index (χ0) is 19.7. The van der Waals surface area contributed by atoms with Crippen LogP contribution >= 0.6 is 0 Å². The number of nitrogens with one attached hydrogen (secondary N) is 2. The van der Waals surface area contributed by atoms with Gasteiger partial charge in [0, 0.05) is 12.0 Å². The monoisotopic (exact) mass is 383 g/mol. The van der Waals surface area contributed by atoms with E-state index in [9.17, 15) is 19.1 Å². The Labute approximate surface area is 160 Å². The zero-order valence-electron chi connectivity index (χ0n) is 14.9. The molecule has 2 amide bonds. The van der Waals surface area contributed by atoms with Gasteiger partial charge in [-0.15, -0.1) is 0 Å². The Morgan fingerprint density at radius 2 is 2.25 bits per heavy atom. The van der Waals surface area contributed by atoms with E-state index >= 15 is 0 Å². The SMILES string of the molecule is O=C(Nc1ccc(F)cn1)C1=C(O)CC(c2cc(C3=CCCC3)co2)NC1=O. The molecular formula is C20H18FN3O4. The molecule has 1 unspecified atom stereocenters. The minimum Gasteiger partial charge on any atom is -0.511 e. The van der Waals surface area contributed by atoms with Gasteiger partial charge in [-0.1, -0.05) is 6.08 Å². The first kappa shape index (κ1) is 18.0. The summed E-state index contributed by atoms with van der Waals surface area (Å²) in [5, 5.41) is 15.4. The molecule has 2 aromatic heterocycles. The van der Waals surface area contributed by atoms with E-state index in [-0.39, 0.29) is 18.0 Å². The lowest BCUT2D eigenvalue weighted by atomic mass is 9.99. The summed E-state index contributed by atoms with van der Waals surface area (Å²) in [5.74, 6) is -1.84. The second kappa shape index (κ2) is 7.30. The normalized spacial score (nSPS) is 19.4. The molecule has 7 nitrogen and oxygen atoms in total. The summed E-state index contributed by atoms with van der Waals surface area (Å²) in [4.78, 5) is 28.5. The lowest BCUT2D eigenvalue weighted by Gasteiger charge is -2.23. The predicted molar refractivity (Wildman–Crippen MR) is 98.5 cm³/mol. The summed E-state index contributed by atoms with van der Waals surface area (Å²) in [6, 6.07) is 3.67. The number of rotatable bonds is 4. The quantitative estimate of drug-likeness (QED) is 0.702. The van der Waals surface area contributed by atoms with Crippen molar-refractivity contribution < 1.29 is 23.5 Å². The van der Waals surface area contributed by atoms with Gasteiger partial charge < -0.3 is 20.2 Å². The molecule has 0 saturated carbocycles. The summed E-state index contributed by atoms with van der Waals surface area (Å²) >= 11 is 0. The fraction of sp³-hybridized carbons (Fsp3) is 0.250. The molecule has 144 valence electrons. The average molecular weight is 383 g/mol. The first-order valence-corrected chi connectivity index (χ1v) is 8.95. The number of hydrogen-bond donors (Lipinski definition) is 3. The van der Waals surface area contributed by atoms with Gasteiger partial charge in [0.15, 0.2) is 0 Å². The Bertz CT molecular complexity index is 991. The third kappa shape index (κ3) is 3.53. The molecule has 1 aliphatic carbocycles. The van der Waals surface area contributed by atoms with Crippen LogP contribution in [0.1, 0.15) is 43.0 Å². The van der Waals surface area contributed by atoms with Gasteiger partial charge >= 0.3 is 0 Å². The van der Waals surface area contributed by atoms with E-state index < -0.39 is 29.2 Å². The molecule has 8 heteroatoms. The average Bonchev–Trinajstić information content (AvgIpc) is 3.34. The number of aliphatic hydroxyl groups excluding tert-OH is 1. The number of carbonyl (C=O) groups is 2. The van der Waals surface area contributed by atoms with E-state index in [1.807, 2.05) is 6.07 Å². The van der Waals surface area contributed by atoms with Crippen molar-refractivity contribution in [2.45, 2.75) is 31.7 Å². The highest BCUT2D eigenvalue weighted by Crippen LogP contribution is 2.33. The van der Waals surface area contributed by atoms with E-state index in [0.717, 1.165) is 37.1 Å². The van der Waals surface area contributed by atoms with Gasteiger partial charge in [0.2, 0.25) is 0 Å². The molecule has 4 rings (SSSR count). The Hall–Kier alpha value is -3.42.